The van der Waals surface area contributed by atoms with Crippen LogP contribution >= 0.6 is 0 Å². The van der Waals surface area contributed by atoms with Crippen LogP contribution in [0, 0.1) is 0 Å². The average molecular weight is 406 g/mol. The average Bonchev–Trinajstić information content (AvgIpc) is 2.62. The smallest absolute Gasteiger partial charge is 0.449 e. The number of hydrogen-bond acceptors (Lipinski definition) is 5. The van der Waals surface area contributed by atoms with Crippen molar-refractivity contribution in [2.45, 2.75) is 32.9 Å². The first-order chi connectivity index (χ1) is 13.6. The first-order valence-corrected chi connectivity index (χ1v) is 8.70. The summed E-state index contributed by atoms with van der Waals surface area (Å²) in [7, 11) is 0. The Kier molecular flexibility index (Phi) is 5.37. The molecule has 0 atom stereocenters. The van der Waals surface area contributed by atoms with Gasteiger partial charge in [-0.25, -0.2) is 0 Å². The molecule has 0 N–H and O–H groups in total. The van der Waals surface area contributed by atoms with Gasteiger partial charge in [0.1, 0.15) is 17.1 Å². The van der Waals surface area contributed by atoms with E-state index in [-0.39, 0.29) is 28.4 Å². The maximum Gasteiger partial charge on any atom is 0.453 e. The van der Waals surface area contributed by atoms with Gasteiger partial charge in [-0.05, 0) is 35.7 Å². The van der Waals surface area contributed by atoms with Crippen molar-refractivity contribution < 1.29 is 31.9 Å². The third-order valence-corrected chi connectivity index (χ3v) is 4.11. The number of hydrogen-bond donors (Lipinski definition) is 0. The van der Waals surface area contributed by atoms with E-state index in [2.05, 4.69) is 0 Å². The molecule has 0 aliphatic heterocycles. The third-order valence-electron chi connectivity index (χ3n) is 4.11. The van der Waals surface area contributed by atoms with Crippen LogP contribution in [0.2, 0.25) is 0 Å². The van der Waals surface area contributed by atoms with Gasteiger partial charge in [-0.3, -0.25) is 9.59 Å². The van der Waals surface area contributed by atoms with Crippen LogP contribution in [0.3, 0.4) is 0 Å². The fourth-order valence-electron chi connectivity index (χ4n) is 2.70. The monoisotopic (exact) mass is 406 g/mol. The number of esters is 1. The van der Waals surface area contributed by atoms with Crippen molar-refractivity contribution in [1.82, 2.24) is 0 Å². The first-order valence-electron chi connectivity index (χ1n) is 8.70. The van der Waals surface area contributed by atoms with Crippen LogP contribution in [0.5, 0.6) is 17.2 Å². The minimum atomic E-state index is -4.97. The Hall–Kier alpha value is -3.29. The molecule has 0 unspecified atom stereocenters. The van der Waals surface area contributed by atoms with Crippen molar-refractivity contribution in [1.29, 1.82) is 0 Å². The Labute approximate surface area is 163 Å². The number of halogens is 3. The highest BCUT2D eigenvalue weighted by Crippen LogP contribution is 2.38. The highest BCUT2D eigenvalue weighted by Gasteiger charge is 2.40. The van der Waals surface area contributed by atoms with Crippen molar-refractivity contribution in [3.63, 3.8) is 0 Å². The number of alkyl halides is 3. The normalized spacial score (nSPS) is 11.7. The fourth-order valence-corrected chi connectivity index (χ4v) is 2.70. The van der Waals surface area contributed by atoms with Gasteiger partial charge < -0.3 is 13.9 Å². The Morgan fingerprint density at radius 3 is 2.21 bits per heavy atom. The molecule has 0 amide bonds. The van der Waals surface area contributed by atoms with Crippen LogP contribution in [0.1, 0.15) is 38.0 Å². The van der Waals surface area contributed by atoms with Crippen molar-refractivity contribution in [3.8, 4) is 17.2 Å². The summed E-state index contributed by atoms with van der Waals surface area (Å²) in [5, 5.41) is -0.136. The van der Waals surface area contributed by atoms with E-state index in [0.29, 0.717) is 0 Å². The Balaban J connectivity index is 2.13. The molecule has 0 saturated heterocycles. The van der Waals surface area contributed by atoms with Crippen molar-refractivity contribution in [2.24, 2.45) is 0 Å². The molecule has 0 radical (unpaired) electrons. The van der Waals surface area contributed by atoms with E-state index < -0.39 is 29.1 Å². The number of rotatable bonds is 4. The molecule has 3 aromatic rings. The molecule has 0 spiro atoms. The van der Waals surface area contributed by atoms with Crippen LogP contribution in [-0.2, 0) is 11.0 Å². The Morgan fingerprint density at radius 1 is 1.03 bits per heavy atom. The van der Waals surface area contributed by atoms with Gasteiger partial charge in [0.05, 0.1) is 5.39 Å². The zero-order valence-corrected chi connectivity index (χ0v) is 15.8. The zero-order chi connectivity index (χ0) is 21.3. The predicted molar refractivity (Wildman–Crippen MR) is 99.4 cm³/mol. The van der Waals surface area contributed by atoms with Crippen LogP contribution < -0.4 is 14.9 Å². The summed E-state index contributed by atoms with van der Waals surface area (Å²) in [4.78, 5) is 23.8. The molecule has 8 heteroatoms. The highest BCUT2D eigenvalue weighted by molar-refractivity contribution is 5.81. The largest absolute Gasteiger partial charge is 0.453 e. The van der Waals surface area contributed by atoms with Crippen molar-refractivity contribution in [2.75, 3.05) is 0 Å². The minimum absolute atomic E-state index is 0.0424. The van der Waals surface area contributed by atoms with Gasteiger partial charge in [-0.1, -0.05) is 26.0 Å². The summed E-state index contributed by atoms with van der Waals surface area (Å²) >= 11 is 0. The molecule has 152 valence electrons. The Morgan fingerprint density at radius 2 is 1.66 bits per heavy atom. The van der Waals surface area contributed by atoms with E-state index in [1.807, 2.05) is 13.8 Å². The molecule has 0 aliphatic carbocycles. The van der Waals surface area contributed by atoms with Gasteiger partial charge in [0.15, 0.2) is 0 Å². The number of benzene rings is 2. The molecule has 1 heterocycles. The van der Waals surface area contributed by atoms with Gasteiger partial charge in [0.25, 0.3) is 5.76 Å². The third kappa shape index (κ3) is 4.42. The van der Waals surface area contributed by atoms with Gasteiger partial charge in [-0.15, -0.1) is 0 Å². The topological polar surface area (TPSA) is 65.7 Å². The van der Waals surface area contributed by atoms with E-state index in [1.165, 1.54) is 24.3 Å². The van der Waals surface area contributed by atoms with Crippen LogP contribution in [0.25, 0.3) is 11.0 Å². The van der Waals surface area contributed by atoms with E-state index in [0.717, 1.165) is 18.6 Å². The van der Waals surface area contributed by atoms with Crippen LogP contribution in [0.15, 0.2) is 51.7 Å². The summed E-state index contributed by atoms with van der Waals surface area (Å²) in [5.41, 5.74) is -0.388. The van der Waals surface area contributed by atoms with Gasteiger partial charge in [0.2, 0.25) is 11.2 Å². The second-order valence-corrected chi connectivity index (χ2v) is 6.66. The van der Waals surface area contributed by atoms with E-state index >= 15 is 0 Å². The number of ether oxygens (including phenoxy) is 2. The van der Waals surface area contributed by atoms with E-state index in [9.17, 15) is 22.8 Å². The van der Waals surface area contributed by atoms with E-state index in [1.54, 1.807) is 12.1 Å². The molecule has 0 aliphatic rings. The minimum Gasteiger partial charge on any atom is -0.449 e. The van der Waals surface area contributed by atoms with Gasteiger partial charge >= 0.3 is 12.1 Å². The maximum absolute atomic E-state index is 13.5. The lowest BCUT2D eigenvalue weighted by Gasteiger charge is -2.14. The lowest BCUT2D eigenvalue weighted by Crippen LogP contribution is -2.15. The molecule has 3 rings (SSSR count). The van der Waals surface area contributed by atoms with Crippen LogP contribution in [0.4, 0.5) is 13.2 Å². The molecule has 0 saturated carbocycles. The predicted octanol–water partition coefficient (Wildman–Crippen LogP) is 5.65. The molecule has 0 fully saturated rings. The quantitative estimate of drug-likeness (QED) is 0.414. The molecular weight excluding hydrogens is 389 g/mol. The highest BCUT2D eigenvalue weighted by atomic mass is 19.4. The molecule has 5 nitrogen and oxygen atoms in total. The summed E-state index contributed by atoms with van der Waals surface area (Å²) in [6, 6.07) is 9.95. The first kappa shape index (κ1) is 20.4. The van der Waals surface area contributed by atoms with Crippen molar-refractivity contribution in [3.05, 3.63) is 64.0 Å². The van der Waals surface area contributed by atoms with Crippen molar-refractivity contribution >= 4 is 16.9 Å². The Bertz CT molecular complexity index is 1110. The lowest BCUT2D eigenvalue weighted by molar-refractivity contribution is -0.154. The number of carbonyl (C=O) groups excluding carboxylic acids is 1. The second kappa shape index (κ2) is 7.62. The molecule has 0 bridgehead atoms. The maximum atomic E-state index is 13.5. The van der Waals surface area contributed by atoms with Gasteiger partial charge in [0, 0.05) is 13.0 Å². The standard InChI is InChI=1S/C21H17F3O5/c1-11(2)13-4-6-14(7-5-13)28-19-18(26)16-9-8-15(27-12(3)25)10-17(16)29-20(19)21(22,23)24/h4-11H,1-3H3. The molecule has 2 aromatic carbocycles. The van der Waals surface area contributed by atoms with E-state index in [4.69, 9.17) is 13.9 Å². The van der Waals surface area contributed by atoms with Gasteiger partial charge in [-0.2, -0.15) is 13.2 Å². The zero-order valence-electron chi connectivity index (χ0n) is 15.8. The lowest BCUT2D eigenvalue weighted by atomic mass is 10.0. The SMILES string of the molecule is CC(=O)Oc1ccc2c(=O)c(Oc3ccc(C(C)C)cc3)c(C(F)(F)F)oc2c1. The molecule has 1 aromatic heterocycles. The summed E-state index contributed by atoms with van der Waals surface area (Å²) in [5.74, 6) is -2.92. The van der Waals surface area contributed by atoms with Crippen LogP contribution in [-0.4, -0.2) is 5.97 Å². The molecule has 29 heavy (non-hydrogen) atoms. The molecular formula is C21H17F3O5. The summed E-state index contributed by atoms with van der Waals surface area (Å²) in [6.07, 6.45) is -4.97. The fraction of sp³-hybridized carbons (Fsp3) is 0.238. The second-order valence-electron chi connectivity index (χ2n) is 6.66. The summed E-state index contributed by atoms with van der Waals surface area (Å²) < 4.78 is 55.7. The number of carbonyl (C=O) groups is 1. The number of fused-ring (bicyclic) bond motifs is 1. The summed E-state index contributed by atoms with van der Waals surface area (Å²) in [6.45, 7) is 5.09.